The van der Waals surface area contributed by atoms with Crippen LogP contribution in [0.2, 0.25) is 0 Å². The normalized spacial score (nSPS) is 36.2. The van der Waals surface area contributed by atoms with Crippen molar-refractivity contribution in [3.8, 4) is 0 Å². The van der Waals surface area contributed by atoms with Gasteiger partial charge in [0.1, 0.15) is 0 Å². The van der Waals surface area contributed by atoms with E-state index in [-0.39, 0.29) is 5.54 Å². The largest absolute Gasteiger partial charge is 0.329 e. The number of hydrogen-bond donors (Lipinski definition) is 2. The molecule has 0 aromatic carbocycles. The molecule has 0 spiro atoms. The van der Waals surface area contributed by atoms with E-state index >= 15 is 0 Å². The Bertz CT molecular complexity index is 145. The number of rotatable bonds is 3. The van der Waals surface area contributed by atoms with Gasteiger partial charge < -0.3 is 11.1 Å². The first-order chi connectivity index (χ1) is 5.60. The summed E-state index contributed by atoms with van der Waals surface area (Å²) < 4.78 is 0. The Hall–Kier alpha value is -0.0800. The number of hydrogen-bond acceptors (Lipinski definition) is 2. The smallest absolute Gasteiger partial charge is 0.0331 e. The molecule has 0 saturated heterocycles. The maximum Gasteiger partial charge on any atom is 0.0331 e. The summed E-state index contributed by atoms with van der Waals surface area (Å²) in [5.41, 5.74) is 6.09. The Balaban J connectivity index is 2.61. The van der Waals surface area contributed by atoms with E-state index in [0.29, 0.717) is 6.04 Å². The van der Waals surface area contributed by atoms with Gasteiger partial charge in [-0.05, 0) is 18.8 Å². The monoisotopic (exact) mass is 170 g/mol. The third-order valence-corrected chi connectivity index (χ3v) is 3.14. The van der Waals surface area contributed by atoms with Crippen LogP contribution in [0, 0.1) is 5.92 Å². The molecule has 2 unspecified atom stereocenters. The van der Waals surface area contributed by atoms with Crippen LogP contribution in [0.15, 0.2) is 0 Å². The highest BCUT2D eigenvalue weighted by Crippen LogP contribution is 2.34. The fourth-order valence-corrected chi connectivity index (χ4v) is 2.40. The van der Waals surface area contributed by atoms with Crippen LogP contribution in [0.3, 0.4) is 0 Å². The second-order valence-electron chi connectivity index (χ2n) is 4.45. The van der Waals surface area contributed by atoms with Gasteiger partial charge in [-0.3, -0.25) is 0 Å². The zero-order chi connectivity index (χ0) is 9.19. The summed E-state index contributed by atoms with van der Waals surface area (Å²) in [5.74, 6) is 0.741. The standard InChI is InChI=1S/C10H22N2/c1-8(2)12-10(7-11)6-4-5-9(10)3/h8-9,12H,4-7,11H2,1-3H3. The van der Waals surface area contributed by atoms with Crippen LogP contribution in [-0.4, -0.2) is 18.1 Å². The second-order valence-corrected chi connectivity index (χ2v) is 4.45. The van der Waals surface area contributed by atoms with Crippen molar-refractivity contribution in [1.82, 2.24) is 5.32 Å². The van der Waals surface area contributed by atoms with Crippen molar-refractivity contribution in [2.45, 2.75) is 51.6 Å². The summed E-state index contributed by atoms with van der Waals surface area (Å²) in [6, 6.07) is 0.550. The van der Waals surface area contributed by atoms with Gasteiger partial charge in [-0.1, -0.05) is 27.2 Å². The summed E-state index contributed by atoms with van der Waals surface area (Å²) in [6.45, 7) is 7.49. The van der Waals surface area contributed by atoms with Gasteiger partial charge in [0.05, 0.1) is 0 Å². The van der Waals surface area contributed by atoms with Gasteiger partial charge in [-0.25, -0.2) is 0 Å². The predicted molar refractivity (Wildman–Crippen MR) is 53.1 cm³/mol. The Kier molecular flexibility index (Phi) is 3.13. The van der Waals surface area contributed by atoms with E-state index in [2.05, 4.69) is 26.1 Å². The molecular weight excluding hydrogens is 148 g/mol. The number of nitrogens with two attached hydrogens (primary N) is 1. The maximum absolute atomic E-state index is 5.85. The Morgan fingerprint density at radius 2 is 2.25 bits per heavy atom. The summed E-state index contributed by atoms with van der Waals surface area (Å²) in [4.78, 5) is 0. The second kappa shape index (κ2) is 3.75. The quantitative estimate of drug-likeness (QED) is 0.673. The molecule has 1 saturated carbocycles. The fraction of sp³-hybridized carbons (Fsp3) is 1.00. The SMILES string of the molecule is CC(C)NC1(CN)CCCC1C. The lowest BCUT2D eigenvalue weighted by atomic mass is 9.88. The van der Waals surface area contributed by atoms with E-state index in [4.69, 9.17) is 5.73 Å². The van der Waals surface area contributed by atoms with E-state index in [1.165, 1.54) is 19.3 Å². The van der Waals surface area contributed by atoms with Crippen LogP contribution in [0.1, 0.15) is 40.0 Å². The third-order valence-electron chi connectivity index (χ3n) is 3.14. The Labute approximate surface area is 75.9 Å². The lowest BCUT2D eigenvalue weighted by molar-refractivity contribution is 0.247. The van der Waals surface area contributed by atoms with E-state index < -0.39 is 0 Å². The zero-order valence-electron chi connectivity index (χ0n) is 8.56. The lowest BCUT2D eigenvalue weighted by Crippen LogP contribution is -2.55. The summed E-state index contributed by atoms with van der Waals surface area (Å²) in [5, 5.41) is 3.63. The Morgan fingerprint density at radius 1 is 1.58 bits per heavy atom. The molecule has 2 heteroatoms. The maximum atomic E-state index is 5.85. The molecule has 3 N–H and O–H groups in total. The molecule has 0 heterocycles. The van der Waals surface area contributed by atoms with Crippen LogP contribution in [0.25, 0.3) is 0 Å². The molecule has 0 amide bonds. The minimum Gasteiger partial charge on any atom is -0.329 e. The average molecular weight is 170 g/mol. The highest BCUT2D eigenvalue weighted by molar-refractivity contribution is 4.98. The zero-order valence-corrected chi connectivity index (χ0v) is 8.56. The van der Waals surface area contributed by atoms with E-state index in [1.54, 1.807) is 0 Å². The van der Waals surface area contributed by atoms with E-state index in [9.17, 15) is 0 Å². The summed E-state index contributed by atoms with van der Waals surface area (Å²) in [6.07, 6.45) is 3.91. The van der Waals surface area contributed by atoms with Crippen LogP contribution < -0.4 is 11.1 Å². The van der Waals surface area contributed by atoms with Crippen molar-refractivity contribution < 1.29 is 0 Å². The van der Waals surface area contributed by atoms with Gasteiger partial charge in [0.15, 0.2) is 0 Å². The third kappa shape index (κ3) is 1.80. The molecule has 1 aliphatic carbocycles. The molecule has 1 fully saturated rings. The van der Waals surface area contributed by atoms with Crippen LogP contribution in [-0.2, 0) is 0 Å². The van der Waals surface area contributed by atoms with Gasteiger partial charge in [-0.15, -0.1) is 0 Å². The highest BCUT2D eigenvalue weighted by Gasteiger charge is 2.38. The molecule has 2 nitrogen and oxygen atoms in total. The first-order valence-electron chi connectivity index (χ1n) is 5.08. The molecule has 1 aliphatic rings. The van der Waals surface area contributed by atoms with Crippen LogP contribution in [0.5, 0.6) is 0 Å². The van der Waals surface area contributed by atoms with Gasteiger partial charge >= 0.3 is 0 Å². The Morgan fingerprint density at radius 3 is 2.58 bits per heavy atom. The van der Waals surface area contributed by atoms with Crippen molar-refractivity contribution >= 4 is 0 Å². The van der Waals surface area contributed by atoms with Crippen LogP contribution >= 0.6 is 0 Å². The molecule has 0 aliphatic heterocycles. The van der Waals surface area contributed by atoms with Gasteiger partial charge in [-0.2, -0.15) is 0 Å². The van der Waals surface area contributed by atoms with Crippen molar-refractivity contribution in [2.24, 2.45) is 11.7 Å². The molecule has 72 valence electrons. The van der Waals surface area contributed by atoms with Crippen molar-refractivity contribution in [2.75, 3.05) is 6.54 Å². The van der Waals surface area contributed by atoms with Crippen LogP contribution in [0.4, 0.5) is 0 Å². The summed E-state index contributed by atoms with van der Waals surface area (Å²) in [7, 11) is 0. The minimum absolute atomic E-state index is 0.244. The molecule has 1 rings (SSSR count). The predicted octanol–water partition coefficient (Wildman–Crippen LogP) is 1.50. The molecule has 0 bridgehead atoms. The molecule has 0 aromatic rings. The first kappa shape index (κ1) is 10.0. The topological polar surface area (TPSA) is 38.0 Å². The van der Waals surface area contributed by atoms with Gasteiger partial charge in [0.25, 0.3) is 0 Å². The first-order valence-corrected chi connectivity index (χ1v) is 5.08. The average Bonchev–Trinajstić information content (AvgIpc) is 2.32. The highest BCUT2D eigenvalue weighted by atomic mass is 15.0. The minimum atomic E-state index is 0.244. The van der Waals surface area contributed by atoms with Gasteiger partial charge in [0.2, 0.25) is 0 Å². The fourth-order valence-electron chi connectivity index (χ4n) is 2.40. The molecular formula is C10H22N2. The van der Waals surface area contributed by atoms with E-state index in [0.717, 1.165) is 12.5 Å². The van der Waals surface area contributed by atoms with E-state index in [1.807, 2.05) is 0 Å². The molecule has 0 aromatic heterocycles. The lowest BCUT2D eigenvalue weighted by Gasteiger charge is -2.35. The van der Waals surface area contributed by atoms with Crippen molar-refractivity contribution in [1.29, 1.82) is 0 Å². The molecule has 12 heavy (non-hydrogen) atoms. The number of nitrogens with one attached hydrogen (secondary N) is 1. The van der Waals surface area contributed by atoms with Crippen molar-refractivity contribution in [3.05, 3.63) is 0 Å². The summed E-state index contributed by atoms with van der Waals surface area (Å²) >= 11 is 0. The van der Waals surface area contributed by atoms with Crippen molar-refractivity contribution in [3.63, 3.8) is 0 Å². The van der Waals surface area contributed by atoms with Gasteiger partial charge in [0, 0.05) is 18.1 Å². The molecule has 2 atom stereocenters. The molecule has 0 radical (unpaired) electrons.